The van der Waals surface area contributed by atoms with Gasteiger partial charge in [-0.25, -0.2) is 4.98 Å². The summed E-state index contributed by atoms with van der Waals surface area (Å²) in [5.41, 5.74) is 1.51. The average Bonchev–Trinajstić information content (AvgIpc) is 2.46. The van der Waals surface area contributed by atoms with Crippen molar-refractivity contribution in [2.75, 3.05) is 0 Å². The van der Waals surface area contributed by atoms with Crippen LogP contribution in [0, 0.1) is 0 Å². The van der Waals surface area contributed by atoms with Gasteiger partial charge in [0, 0.05) is 10.9 Å². The molecule has 0 aliphatic heterocycles. The molecule has 0 spiro atoms. The van der Waals surface area contributed by atoms with Gasteiger partial charge < -0.3 is 0 Å². The molecule has 108 valence electrons. The largest absolute Gasteiger partial charge is 0.416 e. The lowest BCUT2D eigenvalue weighted by Crippen LogP contribution is -2.04. The van der Waals surface area contributed by atoms with Gasteiger partial charge in [-0.15, -0.1) is 12.4 Å². The molecule has 0 unspecified atom stereocenters. The molecule has 0 N–H and O–H groups in total. The molecule has 1 nitrogen and oxygen atoms in total. The van der Waals surface area contributed by atoms with Crippen LogP contribution in [0.4, 0.5) is 13.2 Å². The summed E-state index contributed by atoms with van der Waals surface area (Å²) in [6.45, 7) is 0. The standard InChI is InChI=1S/C16H10F3N.ClH/c17-16(18,19)13-8-5-12(6-9-13)15-10-7-11-3-1-2-4-14(11)20-15;/h1-10H;1H. The molecule has 0 bridgehead atoms. The van der Waals surface area contributed by atoms with Gasteiger partial charge in [0.2, 0.25) is 0 Å². The van der Waals surface area contributed by atoms with Crippen molar-refractivity contribution < 1.29 is 13.2 Å². The van der Waals surface area contributed by atoms with Gasteiger partial charge in [-0.1, -0.05) is 36.4 Å². The number of fused-ring (bicyclic) bond motifs is 1. The summed E-state index contributed by atoms with van der Waals surface area (Å²) in [5.74, 6) is 0. The van der Waals surface area contributed by atoms with Crippen molar-refractivity contribution in [3.05, 3.63) is 66.2 Å². The van der Waals surface area contributed by atoms with E-state index in [2.05, 4.69) is 4.98 Å². The third-order valence-electron chi connectivity index (χ3n) is 3.11. The molecule has 0 fully saturated rings. The molecule has 0 amide bonds. The van der Waals surface area contributed by atoms with Crippen molar-refractivity contribution in [2.24, 2.45) is 0 Å². The smallest absolute Gasteiger partial charge is 0.248 e. The molecule has 0 aliphatic rings. The summed E-state index contributed by atoms with van der Waals surface area (Å²) in [6.07, 6.45) is -4.31. The van der Waals surface area contributed by atoms with E-state index in [1.807, 2.05) is 36.4 Å². The molecule has 1 aromatic heterocycles. The number of benzene rings is 2. The molecule has 5 heteroatoms. The predicted molar refractivity (Wildman–Crippen MR) is 79.4 cm³/mol. The van der Waals surface area contributed by atoms with Crippen LogP contribution < -0.4 is 0 Å². The first-order valence-electron chi connectivity index (χ1n) is 6.07. The Kier molecular flexibility index (Phi) is 4.19. The Morgan fingerprint density at radius 2 is 1.43 bits per heavy atom. The highest BCUT2D eigenvalue weighted by Gasteiger charge is 2.29. The van der Waals surface area contributed by atoms with Gasteiger partial charge in [0.15, 0.2) is 0 Å². The molecular formula is C16H11ClF3N. The summed E-state index contributed by atoms with van der Waals surface area (Å²) >= 11 is 0. The molecule has 21 heavy (non-hydrogen) atoms. The number of nitrogens with zero attached hydrogens (tertiary/aromatic N) is 1. The number of hydrogen-bond donors (Lipinski definition) is 0. The zero-order chi connectivity index (χ0) is 14.2. The van der Waals surface area contributed by atoms with Crippen molar-refractivity contribution >= 4 is 23.3 Å². The highest BCUT2D eigenvalue weighted by Crippen LogP contribution is 2.30. The fourth-order valence-electron chi connectivity index (χ4n) is 2.06. The summed E-state index contributed by atoms with van der Waals surface area (Å²) in [4.78, 5) is 4.46. The van der Waals surface area contributed by atoms with E-state index in [4.69, 9.17) is 0 Å². The monoisotopic (exact) mass is 309 g/mol. The summed E-state index contributed by atoms with van der Waals surface area (Å²) in [7, 11) is 0. The van der Waals surface area contributed by atoms with E-state index in [-0.39, 0.29) is 12.4 Å². The minimum Gasteiger partial charge on any atom is -0.248 e. The number of pyridine rings is 1. The third-order valence-corrected chi connectivity index (χ3v) is 3.11. The minimum absolute atomic E-state index is 0. The van der Waals surface area contributed by atoms with E-state index in [1.54, 1.807) is 0 Å². The lowest BCUT2D eigenvalue weighted by atomic mass is 10.1. The highest BCUT2D eigenvalue weighted by molar-refractivity contribution is 5.85. The topological polar surface area (TPSA) is 12.9 Å². The van der Waals surface area contributed by atoms with E-state index in [1.165, 1.54) is 12.1 Å². The summed E-state index contributed by atoms with van der Waals surface area (Å²) in [6, 6.07) is 16.4. The molecular weight excluding hydrogens is 299 g/mol. The Morgan fingerprint density at radius 1 is 0.762 bits per heavy atom. The van der Waals surface area contributed by atoms with Crippen molar-refractivity contribution in [3.8, 4) is 11.3 Å². The van der Waals surface area contributed by atoms with Crippen LogP contribution >= 0.6 is 12.4 Å². The highest BCUT2D eigenvalue weighted by atomic mass is 35.5. The van der Waals surface area contributed by atoms with Crippen LogP contribution in [0.5, 0.6) is 0 Å². The fourth-order valence-corrected chi connectivity index (χ4v) is 2.06. The third kappa shape index (κ3) is 3.16. The van der Waals surface area contributed by atoms with E-state index in [0.717, 1.165) is 23.0 Å². The van der Waals surface area contributed by atoms with Crippen LogP contribution in [0.2, 0.25) is 0 Å². The first-order valence-corrected chi connectivity index (χ1v) is 6.07. The zero-order valence-corrected chi connectivity index (χ0v) is 11.6. The average molecular weight is 310 g/mol. The van der Waals surface area contributed by atoms with E-state index in [0.29, 0.717) is 11.3 Å². The Morgan fingerprint density at radius 3 is 2.10 bits per heavy atom. The first-order chi connectivity index (χ1) is 9.54. The second-order valence-corrected chi connectivity index (χ2v) is 4.46. The van der Waals surface area contributed by atoms with Crippen LogP contribution in [0.3, 0.4) is 0 Å². The van der Waals surface area contributed by atoms with Gasteiger partial charge in [-0.05, 0) is 24.3 Å². The lowest BCUT2D eigenvalue weighted by molar-refractivity contribution is -0.137. The fraction of sp³-hybridized carbons (Fsp3) is 0.0625. The van der Waals surface area contributed by atoms with Gasteiger partial charge in [-0.3, -0.25) is 0 Å². The van der Waals surface area contributed by atoms with Crippen molar-refractivity contribution in [1.82, 2.24) is 4.98 Å². The number of alkyl halides is 3. The van der Waals surface area contributed by atoms with Crippen molar-refractivity contribution in [3.63, 3.8) is 0 Å². The zero-order valence-electron chi connectivity index (χ0n) is 10.8. The van der Waals surface area contributed by atoms with Crippen LogP contribution in [0.1, 0.15) is 5.56 Å². The van der Waals surface area contributed by atoms with Gasteiger partial charge in [0.1, 0.15) is 0 Å². The Labute approximate surface area is 125 Å². The van der Waals surface area contributed by atoms with Crippen LogP contribution in [0.25, 0.3) is 22.2 Å². The van der Waals surface area contributed by atoms with Gasteiger partial charge >= 0.3 is 6.18 Å². The molecule has 1 heterocycles. The number of halogens is 4. The molecule has 0 atom stereocenters. The Balaban J connectivity index is 0.00000161. The number of para-hydroxylation sites is 1. The summed E-state index contributed by atoms with van der Waals surface area (Å²) in [5, 5.41) is 1.00. The normalized spacial score (nSPS) is 11.2. The number of aromatic nitrogens is 1. The predicted octanol–water partition coefficient (Wildman–Crippen LogP) is 5.34. The molecule has 0 saturated heterocycles. The van der Waals surface area contributed by atoms with Gasteiger partial charge in [0.25, 0.3) is 0 Å². The lowest BCUT2D eigenvalue weighted by Gasteiger charge is -2.08. The van der Waals surface area contributed by atoms with E-state index < -0.39 is 11.7 Å². The molecule has 2 aromatic carbocycles. The van der Waals surface area contributed by atoms with Gasteiger partial charge in [0.05, 0.1) is 16.8 Å². The van der Waals surface area contributed by atoms with Gasteiger partial charge in [-0.2, -0.15) is 13.2 Å². The molecule has 3 aromatic rings. The maximum atomic E-state index is 12.5. The maximum Gasteiger partial charge on any atom is 0.416 e. The minimum atomic E-state index is -4.31. The first kappa shape index (κ1) is 15.3. The quantitative estimate of drug-likeness (QED) is 0.591. The van der Waals surface area contributed by atoms with Crippen molar-refractivity contribution in [2.45, 2.75) is 6.18 Å². The number of hydrogen-bond acceptors (Lipinski definition) is 1. The summed E-state index contributed by atoms with van der Waals surface area (Å²) < 4.78 is 37.5. The molecule has 0 aliphatic carbocycles. The second-order valence-electron chi connectivity index (χ2n) is 4.46. The Hall–Kier alpha value is -2.07. The maximum absolute atomic E-state index is 12.5. The van der Waals surface area contributed by atoms with Crippen LogP contribution in [0.15, 0.2) is 60.7 Å². The van der Waals surface area contributed by atoms with Crippen molar-refractivity contribution in [1.29, 1.82) is 0 Å². The molecule has 3 rings (SSSR count). The van der Waals surface area contributed by atoms with Crippen LogP contribution in [-0.2, 0) is 6.18 Å². The van der Waals surface area contributed by atoms with E-state index in [9.17, 15) is 13.2 Å². The molecule has 0 radical (unpaired) electrons. The van der Waals surface area contributed by atoms with Crippen LogP contribution in [-0.4, -0.2) is 4.98 Å². The number of rotatable bonds is 1. The second kappa shape index (κ2) is 5.74. The SMILES string of the molecule is Cl.FC(F)(F)c1ccc(-c2ccc3ccccc3n2)cc1. The Bertz CT molecular complexity index is 751. The molecule has 0 saturated carbocycles. The van der Waals surface area contributed by atoms with E-state index >= 15 is 0 Å².